The van der Waals surface area contributed by atoms with Crippen LogP contribution in [-0.4, -0.2) is 18.3 Å². The van der Waals surface area contributed by atoms with Crippen LogP contribution in [0.3, 0.4) is 0 Å². The molecule has 1 aromatic heterocycles. The summed E-state index contributed by atoms with van der Waals surface area (Å²) in [5, 5.41) is 4.22. The molecule has 2 N–H and O–H groups in total. The Labute approximate surface area is 122 Å². The van der Waals surface area contributed by atoms with Crippen LogP contribution in [0.1, 0.15) is 18.2 Å². The molecule has 0 radical (unpaired) electrons. The lowest BCUT2D eigenvalue weighted by molar-refractivity contribution is 0.237. The predicted molar refractivity (Wildman–Crippen MR) is 76.2 cm³/mol. The molecule has 1 aromatic carbocycles. The molecule has 0 spiro atoms. The van der Waals surface area contributed by atoms with Gasteiger partial charge < -0.3 is 19.7 Å². The van der Waals surface area contributed by atoms with E-state index < -0.39 is 0 Å². The number of halogens is 1. The zero-order chi connectivity index (χ0) is 14.5. The number of benzene rings is 1. The van der Waals surface area contributed by atoms with Crippen molar-refractivity contribution in [2.24, 2.45) is 5.73 Å². The Morgan fingerprint density at radius 3 is 2.85 bits per heavy atom. The lowest BCUT2D eigenvalue weighted by Gasteiger charge is -2.16. The lowest BCUT2D eigenvalue weighted by atomic mass is 10.1. The van der Waals surface area contributed by atoms with Gasteiger partial charge in [0.15, 0.2) is 17.3 Å². The van der Waals surface area contributed by atoms with Gasteiger partial charge in [-0.2, -0.15) is 0 Å². The molecule has 1 heterocycles. The van der Waals surface area contributed by atoms with Gasteiger partial charge >= 0.3 is 0 Å². The number of aromatic nitrogens is 1. The zero-order valence-corrected chi connectivity index (χ0v) is 12.2. The molecule has 2 rings (SSSR count). The highest BCUT2D eigenvalue weighted by atomic mass is 35.5. The number of nitrogens with two attached hydrogens (primary N) is 1. The van der Waals surface area contributed by atoms with Gasteiger partial charge in [0, 0.05) is 28.8 Å². The van der Waals surface area contributed by atoms with Gasteiger partial charge in [0.1, 0.15) is 6.61 Å². The first-order valence-corrected chi connectivity index (χ1v) is 6.62. The average Bonchev–Trinajstić information content (AvgIpc) is 2.89. The first-order valence-electron chi connectivity index (χ1n) is 6.24. The Hall–Kier alpha value is -1.72. The van der Waals surface area contributed by atoms with Crippen LogP contribution in [0.2, 0.25) is 5.02 Å². The highest BCUT2D eigenvalue weighted by molar-refractivity contribution is 6.30. The van der Waals surface area contributed by atoms with Crippen molar-refractivity contribution in [2.45, 2.75) is 26.0 Å². The van der Waals surface area contributed by atoms with Crippen molar-refractivity contribution in [1.29, 1.82) is 0 Å². The zero-order valence-electron chi connectivity index (χ0n) is 11.4. The van der Waals surface area contributed by atoms with Crippen molar-refractivity contribution in [3.8, 4) is 11.5 Å². The van der Waals surface area contributed by atoms with Crippen molar-refractivity contribution in [3.63, 3.8) is 0 Å². The molecular formula is C14H17ClN2O3. The minimum atomic E-state index is -0.00852. The Morgan fingerprint density at radius 2 is 2.25 bits per heavy atom. The maximum Gasteiger partial charge on any atom is 0.174 e. The molecule has 0 amide bonds. The van der Waals surface area contributed by atoms with Gasteiger partial charge in [0.2, 0.25) is 0 Å². The van der Waals surface area contributed by atoms with E-state index in [1.807, 2.05) is 13.0 Å². The van der Waals surface area contributed by atoms with Crippen LogP contribution in [0.5, 0.6) is 11.5 Å². The van der Waals surface area contributed by atoms with Crippen molar-refractivity contribution >= 4 is 11.6 Å². The standard InChI is InChI=1S/C14H17ClN2O3/c1-9(16)5-10-6-11(15)7-13(18-2)14(10)19-8-12-3-4-17-20-12/h3-4,6-7,9H,5,8,16H2,1-2H3. The molecule has 0 aliphatic rings. The summed E-state index contributed by atoms with van der Waals surface area (Å²) in [6, 6.07) is 5.28. The third-order valence-corrected chi connectivity index (χ3v) is 2.93. The predicted octanol–water partition coefficient (Wildman–Crippen LogP) is 2.81. The van der Waals surface area contributed by atoms with Crippen LogP contribution in [-0.2, 0) is 13.0 Å². The molecule has 0 saturated carbocycles. The number of ether oxygens (including phenoxy) is 2. The van der Waals surface area contributed by atoms with E-state index in [0.29, 0.717) is 28.7 Å². The largest absolute Gasteiger partial charge is 0.493 e. The molecule has 1 atom stereocenters. The van der Waals surface area contributed by atoms with E-state index in [0.717, 1.165) is 5.56 Å². The minimum absolute atomic E-state index is 0.00852. The summed E-state index contributed by atoms with van der Waals surface area (Å²) in [4.78, 5) is 0. The Morgan fingerprint density at radius 1 is 1.45 bits per heavy atom. The topological polar surface area (TPSA) is 70.5 Å². The third kappa shape index (κ3) is 3.65. The smallest absolute Gasteiger partial charge is 0.174 e. The molecule has 0 aliphatic carbocycles. The fourth-order valence-electron chi connectivity index (χ4n) is 1.90. The summed E-state index contributed by atoms with van der Waals surface area (Å²) in [5.41, 5.74) is 6.76. The highest BCUT2D eigenvalue weighted by Crippen LogP contribution is 2.35. The Kier molecular flexibility index (Phi) is 4.87. The van der Waals surface area contributed by atoms with Gasteiger partial charge in [0.05, 0.1) is 13.3 Å². The normalized spacial score (nSPS) is 12.2. The van der Waals surface area contributed by atoms with Gasteiger partial charge in [-0.3, -0.25) is 0 Å². The highest BCUT2D eigenvalue weighted by Gasteiger charge is 2.15. The van der Waals surface area contributed by atoms with E-state index in [9.17, 15) is 0 Å². The van der Waals surface area contributed by atoms with Gasteiger partial charge in [-0.15, -0.1) is 0 Å². The van der Waals surface area contributed by atoms with Gasteiger partial charge in [-0.05, 0) is 19.4 Å². The van der Waals surface area contributed by atoms with E-state index >= 15 is 0 Å². The van der Waals surface area contributed by atoms with Crippen LogP contribution in [0.15, 0.2) is 28.9 Å². The first kappa shape index (κ1) is 14.7. The summed E-state index contributed by atoms with van der Waals surface area (Å²) in [7, 11) is 1.57. The second kappa shape index (κ2) is 6.63. The van der Waals surface area contributed by atoms with Crippen molar-refractivity contribution in [2.75, 3.05) is 7.11 Å². The van der Waals surface area contributed by atoms with E-state index in [1.54, 1.807) is 25.4 Å². The van der Waals surface area contributed by atoms with E-state index in [1.165, 1.54) is 0 Å². The van der Waals surface area contributed by atoms with Crippen LogP contribution in [0.4, 0.5) is 0 Å². The van der Waals surface area contributed by atoms with Crippen molar-refractivity contribution in [3.05, 3.63) is 40.7 Å². The quantitative estimate of drug-likeness (QED) is 0.887. The number of methoxy groups -OCH3 is 1. The summed E-state index contributed by atoms with van der Waals surface area (Å²) in [5.74, 6) is 1.84. The number of hydrogen-bond donors (Lipinski definition) is 1. The molecule has 1 unspecified atom stereocenters. The molecule has 20 heavy (non-hydrogen) atoms. The van der Waals surface area contributed by atoms with Gasteiger partial charge in [0.25, 0.3) is 0 Å². The Bertz CT molecular complexity index is 556. The van der Waals surface area contributed by atoms with E-state index in [4.69, 9.17) is 31.3 Å². The van der Waals surface area contributed by atoms with E-state index in [2.05, 4.69) is 5.16 Å². The molecule has 0 fully saturated rings. The monoisotopic (exact) mass is 296 g/mol. The fraction of sp³-hybridized carbons (Fsp3) is 0.357. The number of rotatable bonds is 6. The second-order valence-corrected chi connectivity index (χ2v) is 4.98. The van der Waals surface area contributed by atoms with Crippen molar-refractivity contribution in [1.82, 2.24) is 5.16 Å². The SMILES string of the molecule is COc1cc(Cl)cc(CC(C)N)c1OCc1ccno1. The van der Waals surface area contributed by atoms with Crippen LogP contribution >= 0.6 is 11.6 Å². The minimum Gasteiger partial charge on any atom is -0.493 e. The molecule has 108 valence electrons. The maximum absolute atomic E-state index is 6.08. The molecule has 6 heteroatoms. The van der Waals surface area contributed by atoms with E-state index in [-0.39, 0.29) is 12.6 Å². The molecule has 0 saturated heterocycles. The average molecular weight is 297 g/mol. The molecular weight excluding hydrogens is 280 g/mol. The second-order valence-electron chi connectivity index (χ2n) is 4.55. The summed E-state index contributed by atoms with van der Waals surface area (Å²) in [6.45, 7) is 2.19. The summed E-state index contributed by atoms with van der Waals surface area (Å²) >= 11 is 6.08. The fourth-order valence-corrected chi connectivity index (χ4v) is 2.13. The summed E-state index contributed by atoms with van der Waals surface area (Å²) < 4.78 is 16.1. The Balaban J connectivity index is 2.27. The summed E-state index contributed by atoms with van der Waals surface area (Å²) in [6.07, 6.45) is 2.21. The van der Waals surface area contributed by atoms with Crippen molar-refractivity contribution < 1.29 is 14.0 Å². The lowest BCUT2D eigenvalue weighted by Crippen LogP contribution is -2.18. The maximum atomic E-state index is 6.08. The molecule has 0 bridgehead atoms. The molecule has 5 nitrogen and oxygen atoms in total. The van der Waals surface area contributed by atoms with Gasteiger partial charge in [-0.25, -0.2) is 0 Å². The first-order chi connectivity index (χ1) is 9.60. The number of nitrogens with zero attached hydrogens (tertiary/aromatic N) is 1. The molecule has 2 aromatic rings. The third-order valence-electron chi connectivity index (χ3n) is 2.71. The molecule has 0 aliphatic heterocycles. The van der Waals surface area contributed by atoms with Crippen LogP contribution in [0, 0.1) is 0 Å². The van der Waals surface area contributed by atoms with Gasteiger partial charge in [-0.1, -0.05) is 16.8 Å². The van der Waals surface area contributed by atoms with Crippen LogP contribution in [0.25, 0.3) is 0 Å². The van der Waals surface area contributed by atoms with Crippen LogP contribution < -0.4 is 15.2 Å². The number of hydrogen-bond acceptors (Lipinski definition) is 5.